The van der Waals surface area contributed by atoms with Crippen LogP contribution in [-0.4, -0.2) is 0 Å². The lowest BCUT2D eigenvalue weighted by atomic mass is 10.1. The number of rotatable bonds is 5. The number of nitriles is 1. The van der Waals surface area contributed by atoms with Crippen LogP contribution in [0.15, 0.2) is 78.2 Å². The van der Waals surface area contributed by atoms with E-state index in [2.05, 4.69) is 11.2 Å². The van der Waals surface area contributed by atoms with E-state index >= 15 is 0 Å². The van der Waals surface area contributed by atoms with Crippen LogP contribution in [0.25, 0.3) is 0 Å². The molecule has 2 aromatic carbocycles. The Morgan fingerprint density at radius 3 is 1.92 bits per heavy atom. The van der Waals surface area contributed by atoms with Gasteiger partial charge in [0.25, 0.3) is 0 Å². The van der Waals surface area contributed by atoms with E-state index in [1.165, 1.54) is 11.3 Å². The van der Waals surface area contributed by atoms with Crippen LogP contribution in [0, 0.1) is 11.3 Å². The van der Waals surface area contributed by atoms with Gasteiger partial charge in [0.05, 0.1) is 6.07 Å². The van der Waals surface area contributed by atoms with Crippen molar-refractivity contribution in [2.45, 2.75) is 12.5 Å². The zero-order chi connectivity index (χ0) is 17.0. The number of hydrogen-bond donors (Lipinski definition) is 1. The van der Waals surface area contributed by atoms with Crippen LogP contribution in [0.5, 0.6) is 0 Å². The molecule has 0 radical (unpaired) electrons. The lowest BCUT2D eigenvalue weighted by Gasteiger charge is -2.29. The van der Waals surface area contributed by atoms with Crippen molar-refractivity contribution in [3.8, 4) is 6.07 Å². The fourth-order valence-corrected chi connectivity index (χ4v) is 5.98. The molecule has 0 saturated heterocycles. The summed E-state index contributed by atoms with van der Waals surface area (Å²) < 4.78 is 14.0. The second-order valence-corrected chi connectivity index (χ2v) is 9.03. The van der Waals surface area contributed by atoms with E-state index in [0.29, 0.717) is 10.6 Å². The first-order chi connectivity index (χ1) is 11.6. The summed E-state index contributed by atoms with van der Waals surface area (Å²) in [7, 11) is -3.17. The molecule has 5 heteroatoms. The van der Waals surface area contributed by atoms with Crippen LogP contribution in [-0.2, 0) is 10.1 Å². The van der Waals surface area contributed by atoms with E-state index in [0.717, 1.165) is 4.88 Å². The van der Waals surface area contributed by atoms with Gasteiger partial charge in [-0.1, -0.05) is 42.5 Å². The minimum atomic E-state index is -3.17. The topological polar surface area (TPSA) is 52.9 Å². The second kappa shape index (κ2) is 6.75. The molecule has 3 aromatic rings. The highest BCUT2D eigenvalue weighted by Crippen LogP contribution is 2.44. The molecule has 1 atom stereocenters. The maximum Gasteiger partial charge on any atom is 0.206 e. The minimum Gasteiger partial charge on any atom is -0.296 e. The summed E-state index contributed by atoms with van der Waals surface area (Å²) in [5.74, 6) is 0. The summed E-state index contributed by atoms with van der Waals surface area (Å²) in [6, 6.07) is 24.7. The summed E-state index contributed by atoms with van der Waals surface area (Å²) in [5, 5.41) is 16.3. The van der Waals surface area contributed by atoms with Gasteiger partial charge < -0.3 is 0 Å². The minimum absolute atomic E-state index is 0.689. The third-order valence-corrected chi connectivity index (χ3v) is 7.76. The molecule has 0 aliphatic carbocycles. The highest BCUT2D eigenvalue weighted by atomic mass is 32.1. The number of nitrogens with zero attached hydrogens (tertiary/aromatic N) is 1. The lowest BCUT2D eigenvalue weighted by Crippen LogP contribution is -2.40. The van der Waals surface area contributed by atoms with E-state index in [4.69, 9.17) is 0 Å². The van der Waals surface area contributed by atoms with Gasteiger partial charge >= 0.3 is 0 Å². The summed E-state index contributed by atoms with van der Waals surface area (Å²) in [4.78, 5) is 0.845. The molecule has 3 nitrogen and oxygen atoms in total. The first kappa shape index (κ1) is 16.7. The highest BCUT2D eigenvalue weighted by Gasteiger charge is 2.38. The quantitative estimate of drug-likeness (QED) is 0.706. The van der Waals surface area contributed by atoms with E-state index in [9.17, 15) is 9.83 Å². The Labute approximate surface area is 146 Å². The third kappa shape index (κ3) is 3.07. The lowest BCUT2D eigenvalue weighted by molar-refractivity contribution is 0.537. The predicted octanol–water partition coefficient (Wildman–Crippen LogP) is 4.01. The maximum atomic E-state index is 14.0. The number of nitrogens with one attached hydrogen (secondary N) is 1. The van der Waals surface area contributed by atoms with Crippen LogP contribution in [0.3, 0.4) is 0 Å². The molecular weight excluding hydrogens is 335 g/mol. The molecule has 1 heterocycles. The Kier molecular flexibility index (Phi) is 4.69. The van der Waals surface area contributed by atoms with Gasteiger partial charge in [0, 0.05) is 15.5 Å². The molecule has 0 bridgehead atoms. The molecule has 0 amide bonds. The maximum absolute atomic E-state index is 14.0. The van der Waals surface area contributed by atoms with Gasteiger partial charge in [0.2, 0.25) is 7.29 Å². The normalized spacial score (nSPS) is 13.8. The first-order valence-electron chi connectivity index (χ1n) is 7.54. The standard InChI is InChI=1S/C19H17N2OPS/c1-19(15-20,18-13-8-14-24-18)21-23(22,16-9-4-2-5-10-16)17-11-6-3-7-12-17/h2-14H,1H3,(H,21,22)/t19-/m0/s1. The summed E-state index contributed by atoms with van der Waals surface area (Å²) in [5.41, 5.74) is -1.03. The molecule has 0 spiro atoms. The van der Waals surface area contributed by atoms with Crippen molar-refractivity contribution in [1.82, 2.24) is 5.09 Å². The van der Waals surface area contributed by atoms with Crippen LogP contribution < -0.4 is 15.7 Å². The van der Waals surface area contributed by atoms with Gasteiger partial charge in [-0.3, -0.25) is 4.57 Å². The molecular formula is C19H17N2OPS. The molecule has 0 fully saturated rings. The van der Waals surface area contributed by atoms with E-state index in [1.54, 1.807) is 6.92 Å². The monoisotopic (exact) mass is 352 g/mol. The van der Waals surface area contributed by atoms with E-state index in [-0.39, 0.29) is 0 Å². The fraction of sp³-hybridized carbons (Fsp3) is 0.105. The van der Waals surface area contributed by atoms with Gasteiger partial charge in [0.1, 0.15) is 5.54 Å². The Bertz CT molecular complexity index is 845. The van der Waals surface area contributed by atoms with Gasteiger partial charge in [0.15, 0.2) is 0 Å². The second-order valence-electron chi connectivity index (χ2n) is 5.61. The van der Waals surface area contributed by atoms with E-state index < -0.39 is 12.8 Å². The molecule has 0 unspecified atom stereocenters. The van der Waals surface area contributed by atoms with Crippen molar-refractivity contribution in [2.24, 2.45) is 0 Å². The summed E-state index contributed by atoms with van der Waals surface area (Å²) in [6.45, 7) is 1.78. The molecule has 24 heavy (non-hydrogen) atoms. The van der Waals surface area contributed by atoms with E-state index in [1.807, 2.05) is 78.2 Å². The van der Waals surface area contributed by atoms with Crippen LogP contribution in [0.1, 0.15) is 11.8 Å². The Balaban J connectivity index is 2.14. The van der Waals surface area contributed by atoms with Crippen molar-refractivity contribution in [2.75, 3.05) is 0 Å². The molecule has 3 rings (SSSR count). The smallest absolute Gasteiger partial charge is 0.206 e. The average Bonchev–Trinajstić information content (AvgIpc) is 3.18. The summed E-state index contributed by atoms with van der Waals surface area (Å²) in [6.07, 6.45) is 0. The molecule has 0 aliphatic heterocycles. The van der Waals surface area contributed by atoms with Crippen molar-refractivity contribution in [3.05, 3.63) is 83.1 Å². The fourth-order valence-electron chi connectivity index (χ4n) is 2.57. The van der Waals surface area contributed by atoms with Crippen LogP contribution >= 0.6 is 18.6 Å². The van der Waals surface area contributed by atoms with Crippen molar-refractivity contribution >= 4 is 29.2 Å². The molecule has 0 saturated carbocycles. The van der Waals surface area contributed by atoms with Crippen molar-refractivity contribution in [3.63, 3.8) is 0 Å². The largest absolute Gasteiger partial charge is 0.296 e. The molecule has 1 aromatic heterocycles. The Hall–Kier alpha value is -2.18. The predicted molar refractivity (Wildman–Crippen MR) is 100 cm³/mol. The van der Waals surface area contributed by atoms with Gasteiger partial charge in [-0.2, -0.15) is 5.26 Å². The van der Waals surface area contributed by atoms with Crippen molar-refractivity contribution in [1.29, 1.82) is 5.26 Å². The number of benzene rings is 2. The number of hydrogen-bond acceptors (Lipinski definition) is 3. The first-order valence-corrected chi connectivity index (χ1v) is 10.1. The highest BCUT2D eigenvalue weighted by molar-refractivity contribution is 7.77. The molecule has 0 aliphatic rings. The molecule has 120 valence electrons. The van der Waals surface area contributed by atoms with Gasteiger partial charge in [-0.25, -0.2) is 5.09 Å². The zero-order valence-corrected chi connectivity index (χ0v) is 14.9. The van der Waals surface area contributed by atoms with Crippen LogP contribution in [0.4, 0.5) is 0 Å². The Morgan fingerprint density at radius 1 is 0.958 bits per heavy atom. The summed E-state index contributed by atoms with van der Waals surface area (Å²) >= 11 is 1.48. The Morgan fingerprint density at radius 2 is 1.50 bits per heavy atom. The zero-order valence-electron chi connectivity index (χ0n) is 13.2. The average molecular weight is 352 g/mol. The molecule has 1 N–H and O–H groups in total. The van der Waals surface area contributed by atoms with Gasteiger partial charge in [-0.15, -0.1) is 11.3 Å². The van der Waals surface area contributed by atoms with Crippen molar-refractivity contribution < 1.29 is 4.57 Å². The van der Waals surface area contributed by atoms with Gasteiger partial charge in [-0.05, 0) is 42.6 Å². The number of thiophene rings is 1. The SMILES string of the molecule is C[C@@](C#N)(NP(=O)(c1ccccc1)c1ccccc1)c1cccs1. The third-order valence-electron chi connectivity index (χ3n) is 3.86. The van der Waals surface area contributed by atoms with Crippen LogP contribution in [0.2, 0.25) is 0 Å².